The average Bonchev–Trinajstić information content (AvgIpc) is 3.04. The number of nitrogens with zero attached hydrogens (tertiary/aromatic N) is 1. The van der Waals surface area contributed by atoms with E-state index in [0.29, 0.717) is 6.04 Å². The number of hydrogen-bond donors (Lipinski definition) is 0. The highest BCUT2D eigenvalue weighted by Gasteiger charge is 2.33. The molecule has 1 heterocycles. The smallest absolute Gasteiger partial charge is 0.0585 e. The molecule has 2 aromatic rings. The fourth-order valence-electron chi connectivity index (χ4n) is 5.79. The molecule has 0 radical (unpaired) electrons. The summed E-state index contributed by atoms with van der Waals surface area (Å²) in [7, 11) is 0. The first-order valence-corrected chi connectivity index (χ1v) is 11.9. The largest absolute Gasteiger partial charge is 0.340 e. The van der Waals surface area contributed by atoms with Crippen LogP contribution >= 0.6 is 0 Å². The van der Waals surface area contributed by atoms with E-state index in [2.05, 4.69) is 56.5 Å². The molecule has 0 saturated carbocycles. The van der Waals surface area contributed by atoms with E-state index >= 15 is 0 Å². The van der Waals surface area contributed by atoms with Crippen LogP contribution < -0.4 is 0 Å². The molecule has 0 saturated heterocycles. The summed E-state index contributed by atoms with van der Waals surface area (Å²) in [5.41, 5.74) is 9.89. The number of aromatic nitrogens is 1. The topological polar surface area (TPSA) is 4.93 Å². The van der Waals surface area contributed by atoms with Crippen molar-refractivity contribution in [3.63, 3.8) is 0 Å². The van der Waals surface area contributed by atoms with E-state index in [9.17, 15) is 0 Å². The van der Waals surface area contributed by atoms with Crippen LogP contribution in [0.1, 0.15) is 111 Å². The molecule has 1 unspecified atom stereocenters. The van der Waals surface area contributed by atoms with E-state index in [4.69, 9.17) is 0 Å². The predicted octanol–water partition coefficient (Wildman–Crippen LogP) is 7.53. The Morgan fingerprint density at radius 2 is 1.64 bits per heavy atom. The number of fused-ring (bicyclic) bond motifs is 3. The maximum Gasteiger partial charge on any atom is 0.0585 e. The van der Waals surface area contributed by atoms with Crippen LogP contribution in [0.2, 0.25) is 0 Å². The lowest BCUT2D eigenvalue weighted by Crippen LogP contribution is -2.21. The molecule has 0 fully saturated rings. The number of rotatable bonds is 6. The Bertz CT molecular complexity index is 793. The summed E-state index contributed by atoms with van der Waals surface area (Å²) in [5, 5.41) is 0. The second kappa shape index (κ2) is 8.47. The third-order valence-electron chi connectivity index (χ3n) is 7.31. The maximum absolute atomic E-state index is 2.89. The lowest BCUT2D eigenvalue weighted by Gasteiger charge is -2.31. The Kier molecular flexibility index (Phi) is 5.99. The van der Waals surface area contributed by atoms with Crippen LogP contribution in [0.15, 0.2) is 24.3 Å². The molecule has 4 rings (SSSR count). The molecule has 0 amide bonds. The van der Waals surface area contributed by atoms with Crippen molar-refractivity contribution in [2.24, 2.45) is 5.92 Å². The zero-order valence-corrected chi connectivity index (χ0v) is 18.6. The quantitative estimate of drug-likeness (QED) is 0.490. The van der Waals surface area contributed by atoms with Gasteiger partial charge in [0.2, 0.25) is 0 Å². The Labute approximate surface area is 172 Å². The Hall–Kier alpha value is -1.50. The van der Waals surface area contributed by atoms with Crippen LogP contribution in [0.3, 0.4) is 0 Å². The fraction of sp³-hybridized carbons (Fsp3) is 0.630. The second-order valence-corrected chi connectivity index (χ2v) is 9.76. The van der Waals surface area contributed by atoms with Crippen molar-refractivity contribution in [3.8, 4) is 0 Å². The first-order chi connectivity index (χ1) is 13.6. The molecule has 2 aliphatic rings. The summed E-state index contributed by atoms with van der Waals surface area (Å²) >= 11 is 0. The van der Waals surface area contributed by atoms with Crippen molar-refractivity contribution in [1.29, 1.82) is 0 Å². The zero-order chi connectivity index (χ0) is 19.7. The minimum Gasteiger partial charge on any atom is -0.340 e. The van der Waals surface area contributed by atoms with E-state index in [1.165, 1.54) is 75.3 Å². The van der Waals surface area contributed by atoms with Crippen LogP contribution in [-0.4, -0.2) is 4.57 Å². The number of hydrogen-bond acceptors (Lipinski definition) is 0. The number of aryl methyl sites for hydroxylation is 1. The number of benzene rings is 1. The summed E-state index contributed by atoms with van der Waals surface area (Å²) in [6.45, 7) is 9.37. The van der Waals surface area contributed by atoms with Crippen molar-refractivity contribution in [3.05, 3.63) is 57.9 Å². The van der Waals surface area contributed by atoms with E-state index in [1.54, 1.807) is 22.5 Å². The third-order valence-corrected chi connectivity index (χ3v) is 7.31. The van der Waals surface area contributed by atoms with Gasteiger partial charge in [-0.25, -0.2) is 0 Å². The molecule has 2 atom stereocenters. The Morgan fingerprint density at radius 1 is 0.929 bits per heavy atom. The summed E-state index contributed by atoms with van der Waals surface area (Å²) in [4.78, 5) is 0. The molecule has 2 aliphatic carbocycles. The second-order valence-electron chi connectivity index (χ2n) is 9.76. The van der Waals surface area contributed by atoms with Gasteiger partial charge in [-0.1, -0.05) is 50.6 Å². The van der Waals surface area contributed by atoms with Gasteiger partial charge in [-0.3, -0.25) is 0 Å². The van der Waals surface area contributed by atoms with Crippen LogP contribution in [0.5, 0.6) is 0 Å². The van der Waals surface area contributed by atoms with Crippen LogP contribution in [0, 0.1) is 12.8 Å². The van der Waals surface area contributed by atoms with Gasteiger partial charge in [-0.15, -0.1) is 0 Å². The van der Waals surface area contributed by atoms with Crippen molar-refractivity contribution in [2.45, 2.75) is 104 Å². The normalized spacial score (nSPS) is 20.1. The van der Waals surface area contributed by atoms with Gasteiger partial charge in [-0.2, -0.15) is 0 Å². The van der Waals surface area contributed by atoms with Crippen LogP contribution in [0.25, 0.3) is 0 Å². The first-order valence-electron chi connectivity index (χ1n) is 11.9. The Balaban J connectivity index is 1.87. The molecule has 0 N–H and O–H groups in total. The molecule has 0 aliphatic heterocycles. The summed E-state index contributed by atoms with van der Waals surface area (Å²) in [6.07, 6.45) is 13.3. The van der Waals surface area contributed by atoms with Gasteiger partial charge >= 0.3 is 0 Å². The van der Waals surface area contributed by atoms with E-state index in [1.807, 2.05) is 0 Å². The molecule has 1 nitrogen and oxygen atoms in total. The molecule has 0 bridgehead atoms. The Morgan fingerprint density at radius 3 is 2.36 bits per heavy atom. The summed E-state index contributed by atoms with van der Waals surface area (Å²) in [5.74, 6) is 1.53. The van der Waals surface area contributed by atoms with Crippen molar-refractivity contribution in [1.82, 2.24) is 4.57 Å². The summed E-state index contributed by atoms with van der Waals surface area (Å²) < 4.78 is 2.89. The van der Waals surface area contributed by atoms with Crippen molar-refractivity contribution < 1.29 is 0 Å². The predicted molar refractivity (Wildman–Crippen MR) is 120 cm³/mol. The van der Waals surface area contributed by atoms with Crippen molar-refractivity contribution >= 4 is 0 Å². The summed E-state index contributed by atoms with van der Waals surface area (Å²) in [6, 6.07) is 9.97. The highest BCUT2D eigenvalue weighted by Crippen LogP contribution is 2.44. The molecule has 1 heteroatoms. The van der Waals surface area contributed by atoms with E-state index < -0.39 is 0 Å². The minimum absolute atomic E-state index is 0.519. The molecule has 0 spiro atoms. The SMILES string of the molecule is CCC1CCCc2c3c(n([C@H](CCC(C)C)c4ccc(C)cc4)c21)CCCC3. The van der Waals surface area contributed by atoms with Gasteiger partial charge in [0.25, 0.3) is 0 Å². The monoisotopic (exact) mass is 377 g/mol. The van der Waals surface area contributed by atoms with Gasteiger partial charge in [-0.05, 0) is 99.7 Å². The first kappa shape index (κ1) is 19.8. The molecule has 152 valence electrons. The van der Waals surface area contributed by atoms with Gasteiger partial charge in [0, 0.05) is 11.4 Å². The molecule has 1 aromatic heterocycles. The standard InChI is InChI=1S/C27H39N/c1-5-21-9-8-11-24-23-10-6-7-12-26(23)28(27(21)24)25(18-13-19(2)3)22-16-14-20(4)15-17-22/h14-17,19,21,25H,5-13,18H2,1-4H3/t21?,25-/m1/s1. The average molecular weight is 378 g/mol. The zero-order valence-electron chi connectivity index (χ0n) is 18.6. The highest BCUT2D eigenvalue weighted by molar-refractivity contribution is 5.45. The van der Waals surface area contributed by atoms with Gasteiger partial charge < -0.3 is 4.57 Å². The molecular weight excluding hydrogens is 338 g/mol. The van der Waals surface area contributed by atoms with Gasteiger partial charge in [0.1, 0.15) is 0 Å². The van der Waals surface area contributed by atoms with Crippen LogP contribution in [0.4, 0.5) is 0 Å². The lowest BCUT2D eigenvalue weighted by molar-refractivity contribution is 0.416. The van der Waals surface area contributed by atoms with Gasteiger partial charge in [0.15, 0.2) is 0 Å². The van der Waals surface area contributed by atoms with Crippen molar-refractivity contribution in [2.75, 3.05) is 0 Å². The third kappa shape index (κ3) is 3.70. The van der Waals surface area contributed by atoms with E-state index in [-0.39, 0.29) is 0 Å². The molecule has 28 heavy (non-hydrogen) atoms. The minimum atomic E-state index is 0.519. The van der Waals surface area contributed by atoms with Gasteiger partial charge in [0.05, 0.1) is 6.04 Å². The van der Waals surface area contributed by atoms with E-state index in [0.717, 1.165) is 11.8 Å². The highest BCUT2D eigenvalue weighted by atomic mass is 15.0. The maximum atomic E-state index is 2.89. The van der Waals surface area contributed by atoms with Crippen LogP contribution in [-0.2, 0) is 19.3 Å². The molecular formula is C27H39N. The molecule has 1 aromatic carbocycles. The fourth-order valence-corrected chi connectivity index (χ4v) is 5.79. The lowest BCUT2D eigenvalue weighted by atomic mass is 9.83.